The molecule has 3 saturated heterocycles. The van der Waals surface area contributed by atoms with Crippen molar-refractivity contribution in [2.45, 2.75) is 165 Å². The average Bonchev–Trinajstić information content (AvgIpc) is 3.07. The number of ether oxygens (including phenoxy) is 5. The van der Waals surface area contributed by atoms with Crippen LogP contribution in [0, 0.1) is 0 Å². The van der Waals surface area contributed by atoms with Crippen molar-refractivity contribution in [3.8, 4) is 5.75 Å². The molecule has 4 rings (SSSR count). The van der Waals surface area contributed by atoms with Crippen molar-refractivity contribution in [2.24, 2.45) is 0 Å². The highest BCUT2D eigenvalue weighted by Crippen LogP contribution is 2.49. The number of aliphatic hydroxyl groups is 1. The lowest BCUT2D eigenvalue weighted by Gasteiger charge is -2.58. The normalized spacial score (nSPS) is 34.5. The van der Waals surface area contributed by atoms with Crippen LogP contribution in [-0.2, 0) is 34.4 Å². The maximum absolute atomic E-state index is 11.1. The van der Waals surface area contributed by atoms with Crippen LogP contribution in [0.2, 0.25) is 37.8 Å². The third kappa shape index (κ3) is 9.41. The highest BCUT2D eigenvalue weighted by Gasteiger charge is 2.58. The van der Waals surface area contributed by atoms with Gasteiger partial charge in [0.2, 0.25) is 0 Å². The zero-order valence-electron chi connectivity index (χ0n) is 29.9. The molecule has 0 spiro atoms. The Bertz CT molecular complexity index is 1090. The lowest BCUT2D eigenvalue weighted by atomic mass is 9.74. The van der Waals surface area contributed by atoms with E-state index in [0.29, 0.717) is 26.2 Å². The Hall–Kier alpha value is -0.826. The second kappa shape index (κ2) is 14.3. The summed E-state index contributed by atoms with van der Waals surface area (Å²) in [6.45, 7) is 23.9. The third-order valence-corrected chi connectivity index (χ3v) is 15.9. The molecule has 8 atom stereocenters. The van der Waals surface area contributed by atoms with E-state index < -0.39 is 33.9 Å². The molecule has 3 heterocycles. The molecule has 1 N–H and O–H groups in total. The first-order chi connectivity index (χ1) is 20.8. The fourth-order valence-corrected chi connectivity index (χ4v) is 9.57. The minimum absolute atomic E-state index is 0.0823. The van der Waals surface area contributed by atoms with Crippen LogP contribution in [0.1, 0.15) is 78.7 Å². The summed E-state index contributed by atoms with van der Waals surface area (Å²) in [5.41, 5.74) is 0.161. The van der Waals surface area contributed by atoms with Crippen LogP contribution in [0.25, 0.3) is 0 Å². The van der Waals surface area contributed by atoms with Gasteiger partial charge in [-0.1, -0.05) is 32.9 Å². The lowest BCUT2D eigenvalue weighted by molar-refractivity contribution is -0.309. The van der Waals surface area contributed by atoms with Crippen molar-refractivity contribution in [1.29, 1.82) is 0 Å². The number of rotatable bonds is 12. The summed E-state index contributed by atoms with van der Waals surface area (Å²) < 4.78 is 45.3. The van der Waals surface area contributed by atoms with Crippen molar-refractivity contribution in [3.05, 3.63) is 29.8 Å². The summed E-state index contributed by atoms with van der Waals surface area (Å²) in [6.07, 6.45) is 3.20. The highest BCUT2D eigenvalue weighted by atomic mass is 28.4. The van der Waals surface area contributed by atoms with Crippen LogP contribution < -0.4 is 4.74 Å². The first-order valence-corrected chi connectivity index (χ1v) is 23.4. The molecule has 10 heteroatoms. The summed E-state index contributed by atoms with van der Waals surface area (Å²) in [4.78, 5) is 0. The molecule has 1 aromatic carbocycles. The highest BCUT2D eigenvalue weighted by molar-refractivity contribution is 6.74. The minimum Gasteiger partial charge on any atom is -0.497 e. The molecule has 0 saturated carbocycles. The molecule has 0 aromatic heterocycles. The molecule has 1 aromatic rings. The fourth-order valence-electron chi connectivity index (χ4n) is 6.96. The largest absolute Gasteiger partial charge is 0.497 e. The smallest absolute Gasteiger partial charge is 0.192 e. The Balaban J connectivity index is 1.41. The van der Waals surface area contributed by atoms with Gasteiger partial charge in [0.15, 0.2) is 16.6 Å². The molecule has 0 radical (unpaired) electrons. The van der Waals surface area contributed by atoms with Gasteiger partial charge in [0, 0.05) is 19.4 Å². The van der Waals surface area contributed by atoms with Gasteiger partial charge in [0.1, 0.15) is 11.9 Å². The second-order valence-electron chi connectivity index (χ2n) is 16.5. The van der Waals surface area contributed by atoms with Gasteiger partial charge < -0.3 is 37.6 Å². The van der Waals surface area contributed by atoms with Gasteiger partial charge in [-0.2, -0.15) is 0 Å². The summed E-state index contributed by atoms with van der Waals surface area (Å²) in [7, 11) is -2.20. The van der Waals surface area contributed by atoms with Gasteiger partial charge in [-0.25, -0.2) is 0 Å². The Labute approximate surface area is 275 Å². The number of hydrogen-bond acceptors (Lipinski definition) is 8. The second-order valence-corrected chi connectivity index (χ2v) is 25.7. The van der Waals surface area contributed by atoms with Gasteiger partial charge in [-0.05, 0) is 95.0 Å². The molecule has 258 valence electrons. The molecule has 0 amide bonds. The molecule has 0 bridgehead atoms. The van der Waals surface area contributed by atoms with Crippen LogP contribution >= 0.6 is 0 Å². The van der Waals surface area contributed by atoms with Crippen molar-refractivity contribution in [1.82, 2.24) is 0 Å². The van der Waals surface area contributed by atoms with Gasteiger partial charge >= 0.3 is 0 Å². The van der Waals surface area contributed by atoms with E-state index in [9.17, 15) is 5.11 Å². The van der Waals surface area contributed by atoms with Crippen LogP contribution in [0.4, 0.5) is 0 Å². The molecule has 0 unspecified atom stereocenters. The zero-order valence-corrected chi connectivity index (χ0v) is 31.9. The van der Waals surface area contributed by atoms with E-state index in [1.807, 2.05) is 24.3 Å². The molecule has 45 heavy (non-hydrogen) atoms. The number of hydrogen-bond donors (Lipinski definition) is 1. The number of methoxy groups -OCH3 is 1. The Morgan fingerprint density at radius 1 is 0.978 bits per heavy atom. The quantitative estimate of drug-likeness (QED) is 0.185. The minimum atomic E-state index is -1.98. The number of fused-ring (bicyclic) bond motifs is 2. The van der Waals surface area contributed by atoms with Gasteiger partial charge in [-0.3, -0.25) is 0 Å². The predicted molar refractivity (Wildman–Crippen MR) is 183 cm³/mol. The first-order valence-electron chi connectivity index (χ1n) is 17.1. The standard InChI is InChI=1S/C35H62O8Si2/c1-33(2,3)45(10,11)39-23-30-27(36)18-19-28-29(40-30)21-32-34(4,42-28)24-35(5,43-44(7,8)9)31(41-32)13-12-20-38-22-25-14-16-26(37-6)17-15-25/h14-17,27-32,36H,12-13,18-24H2,1-11H3/t27-,28+,29-,30+,31-,32+,34-,35+/m0/s1. The van der Waals surface area contributed by atoms with Crippen molar-refractivity contribution in [2.75, 3.05) is 20.3 Å². The topological polar surface area (TPSA) is 84.8 Å². The predicted octanol–water partition coefficient (Wildman–Crippen LogP) is 7.24. The molecule has 3 fully saturated rings. The SMILES string of the molecule is COc1ccc(COCCC[C@@H]2O[C@@H]3C[C@@H]4O[C@H](CO[Si](C)(C)C(C)(C)C)[C@@H](O)CC[C@H]4O[C@@]3(C)C[C@@]2(C)O[Si](C)(C)C)cc1. The van der Waals surface area contributed by atoms with E-state index in [1.54, 1.807) is 7.11 Å². The molecule has 8 nitrogen and oxygen atoms in total. The Morgan fingerprint density at radius 2 is 1.67 bits per heavy atom. The molecular formula is C35H62O8Si2. The van der Waals surface area contributed by atoms with Crippen LogP contribution in [0.5, 0.6) is 5.75 Å². The van der Waals surface area contributed by atoms with E-state index in [0.717, 1.165) is 43.4 Å². The maximum Gasteiger partial charge on any atom is 0.192 e. The summed E-state index contributed by atoms with van der Waals surface area (Å²) in [5, 5.41) is 11.2. The summed E-state index contributed by atoms with van der Waals surface area (Å²) >= 11 is 0. The Morgan fingerprint density at radius 3 is 2.29 bits per heavy atom. The first kappa shape index (κ1) is 37.0. The Kier molecular flexibility index (Phi) is 11.8. The fraction of sp³-hybridized carbons (Fsp3) is 0.829. The van der Waals surface area contributed by atoms with Crippen LogP contribution in [0.15, 0.2) is 24.3 Å². The number of aliphatic hydroxyl groups excluding tert-OH is 1. The van der Waals surface area contributed by atoms with Crippen molar-refractivity contribution in [3.63, 3.8) is 0 Å². The monoisotopic (exact) mass is 666 g/mol. The van der Waals surface area contributed by atoms with Crippen molar-refractivity contribution >= 4 is 16.6 Å². The van der Waals surface area contributed by atoms with Gasteiger partial charge in [0.05, 0.1) is 62.0 Å². The molecule has 3 aliphatic rings. The molecular weight excluding hydrogens is 605 g/mol. The van der Waals surface area contributed by atoms with E-state index in [1.165, 1.54) is 0 Å². The van der Waals surface area contributed by atoms with Gasteiger partial charge in [0.25, 0.3) is 0 Å². The van der Waals surface area contributed by atoms with Crippen LogP contribution in [-0.4, -0.2) is 89.9 Å². The van der Waals surface area contributed by atoms with Crippen LogP contribution in [0.3, 0.4) is 0 Å². The summed E-state index contributed by atoms with van der Waals surface area (Å²) in [6, 6.07) is 8.00. The summed E-state index contributed by atoms with van der Waals surface area (Å²) in [5.74, 6) is 0.848. The van der Waals surface area contributed by atoms with Crippen molar-refractivity contribution < 1.29 is 37.6 Å². The van der Waals surface area contributed by atoms with E-state index in [2.05, 4.69) is 67.4 Å². The zero-order chi connectivity index (χ0) is 33.3. The van der Waals surface area contributed by atoms with E-state index in [-0.39, 0.29) is 35.6 Å². The van der Waals surface area contributed by atoms with Gasteiger partial charge in [-0.15, -0.1) is 0 Å². The lowest BCUT2D eigenvalue weighted by Crippen LogP contribution is -2.67. The van der Waals surface area contributed by atoms with E-state index >= 15 is 0 Å². The number of benzene rings is 1. The maximum atomic E-state index is 11.1. The molecule has 3 aliphatic heterocycles. The average molecular weight is 667 g/mol. The van der Waals surface area contributed by atoms with E-state index in [4.69, 9.17) is 32.5 Å². The molecule has 0 aliphatic carbocycles. The third-order valence-electron chi connectivity index (χ3n) is 10.3.